The standard InChI is InChI=1S/C21H18/c1-4-10-16-11-5-2-9-15-20-18-13-7-3-6-12-17(18)19(14-8-1)21(16)20/h1-12,14,20H,13,15H2. The van der Waals surface area contributed by atoms with Crippen molar-refractivity contribution in [1.82, 2.24) is 0 Å². The van der Waals surface area contributed by atoms with Crippen molar-refractivity contribution in [2.45, 2.75) is 12.8 Å². The molecule has 0 fully saturated rings. The van der Waals surface area contributed by atoms with Gasteiger partial charge in [0, 0.05) is 5.92 Å². The van der Waals surface area contributed by atoms with E-state index < -0.39 is 0 Å². The van der Waals surface area contributed by atoms with Gasteiger partial charge < -0.3 is 0 Å². The third-order valence-corrected chi connectivity index (χ3v) is 4.51. The van der Waals surface area contributed by atoms with Crippen LogP contribution in [0.1, 0.15) is 12.8 Å². The molecule has 1 unspecified atom stereocenters. The van der Waals surface area contributed by atoms with E-state index in [0.717, 1.165) is 12.8 Å². The van der Waals surface area contributed by atoms with Gasteiger partial charge in [0.25, 0.3) is 0 Å². The fraction of sp³-hybridized carbons (Fsp3) is 0.143. The highest BCUT2D eigenvalue weighted by Gasteiger charge is 2.32. The zero-order valence-corrected chi connectivity index (χ0v) is 12.0. The molecule has 0 bridgehead atoms. The molecule has 0 aromatic heterocycles. The first-order valence-electron chi connectivity index (χ1n) is 7.64. The Morgan fingerprint density at radius 3 is 2.52 bits per heavy atom. The maximum Gasteiger partial charge on any atom is 0.0107 e. The van der Waals surface area contributed by atoms with Crippen LogP contribution < -0.4 is 0 Å². The average molecular weight is 270 g/mol. The highest BCUT2D eigenvalue weighted by atomic mass is 14.4. The summed E-state index contributed by atoms with van der Waals surface area (Å²) in [4.78, 5) is 0. The first-order chi connectivity index (χ1) is 10.4. The number of allylic oxidation sites excluding steroid dienone is 18. The Morgan fingerprint density at radius 2 is 1.52 bits per heavy atom. The molecule has 0 N–H and O–H groups in total. The third kappa shape index (κ3) is 2.08. The maximum absolute atomic E-state index is 2.30. The summed E-state index contributed by atoms with van der Waals surface area (Å²) in [6.45, 7) is 0. The summed E-state index contributed by atoms with van der Waals surface area (Å²) in [7, 11) is 0. The molecule has 0 aromatic rings. The largest absolute Gasteiger partial charge is 0.0836 e. The second kappa shape index (κ2) is 5.21. The fourth-order valence-corrected chi connectivity index (χ4v) is 3.60. The Hall–Kier alpha value is -2.34. The van der Waals surface area contributed by atoms with E-state index in [1.165, 1.54) is 22.3 Å². The molecule has 0 spiro atoms. The van der Waals surface area contributed by atoms with Crippen molar-refractivity contribution in [1.29, 1.82) is 0 Å². The van der Waals surface area contributed by atoms with Crippen molar-refractivity contribution in [3.63, 3.8) is 0 Å². The van der Waals surface area contributed by atoms with Crippen LogP contribution in [-0.4, -0.2) is 0 Å². The monoisotopic (exact) mass is 270 g/mol. The summed E-state index contributed by atoms with van der Waals surface area (Å²) < 4.78 is 0. The van der Waals surface area contributed by atoms with Crippen LogP contribution in [0.2, 0.25) is 0 Å². The van der Waals surface area contributed by atoms with E-state index in [1.807, 2.05) is 0 Å². The Morgan fingerprint density at radius 1 is 0.714 bits per heavy atom. The molecule has 4 aliphatic rings. The molecule has 0 aromatic carbocycles. The molecule has 0 saturated carbocycles. The lowest BCUT2D eigenvalue weighted by atomic mass is 9.84. The van der Waals surface area contributed by atoms with Gasteiger partial charge in [-0.2, -0.15) is 0 Å². The predicted octanol–water partition coefficient (Wildman–Crippen LogP) is 5.29. The lowest BCUT2D eigenvalue weighted by Gasteiger charge is -2.20. The van der Waals surface area contributed by atoms with E-state index >= 15 is 0 Å². The van der Waals surface area contributed by atoms with Gasteiger partial charge in [-0.25, -0.2) is 0 Å². The molecule has 102 valence electrons. The first-order valence-corrected chi connectivity index (χ1v) is 7.64. The van der Waals surface area contributed by atoms with Crippen LogP contribution in [0.3, 0.4) is 0 Å². The molecule has 4 rings (SSSR count). The molecule has 0 amide bonds. The molecule has 0 nitrogen and oxygen atoms in total. The summed E-state index contributed by atoms with van der Waals surface area (Å²) in [6, 6.07) is 0. The highest BCUT2D eigenvalue weighted by molar-refractivity contribution is 5.68. The lowest BCUT2D eigenvalue weighted by molar-refractivity contribution is 0.729. The second-order valence-corrected chi connectivity index (χ2v) is 5.70. The lowest BCUT2D eigenvalue weighted by Crippen LogP contribution is -2.06. The Labute approximate surface area is 126 Å². The van der Waals surface area contributed by atoms with Gasteiger partial charge in [-0.05, 0) is 35.1 Å². The van der Waals surface area contributed by atoms with Crippen molar-refractivity contribution in [2.75, 3.05) is 0 Å². The molecule has 0 heteroatoms. The summed E-state index contributed by atoms with van der Waals surface area (Å²) >= 11 is 0. The molecule has 1 atom stereocenters. The van der Waals surface area contributed by atoms with E-state index in [-0.39, 0.29) is 0 Å². The average Bonchev–Trinajstić information content (AvgIpc) is 2.63. The van der Waals surface area contributed by atoms with Crippen LogP contribution in [-0.2, 0) is 0 Å². The fourth-order valence-electron chi connectivity index (χ4n) is 3.60. The summed E-state index contributed by atoms with van der Waals surface area (Å²) in [5.41, 5.74) is 7.26. The zero-order chi connectivity index (χ0) is 14.1. The molecule has 4 aliphatic carbocycles. The normalized spacial score (nSPS) is 25.9. The molecular weight excluding hydrogens is 252 g/mol. The van der Waals surface area contributed by atoms with Gasteiger partial charge >= 0.3 is 0 Å². The smallest absolute Gasteiger partial charge is 0.0107 e. The zero-order valence-electron chi connectivity index (χ0n) is 12.0. The number of rotatable bonds is 0. The van der Waals surface area contributed by atoms with Gasteiger partial charge in [0.05, 0.1) is 0 Å². The van der Waals surface area contributed by atoms with Gasteiger partial charge in [0.1, 0.15) is 0 Å². The molecule has 21 heavy (non-hydrogen) atoms. The Bertz CT molecular complexity index is 737. The van der Waals surface area contributed by atoms with Crippen LogP contribution >= 0.6 is 0 Å². The topological polar surface area (TPSA) is 0 Å². The number of hydrogen-bond donors (Lipinski definition) is 0. The third-order valence-electron chi connectivity index (χ3n) is 4.51. The molecular formula is C21H18. The number of fused-ring (bicyclic) bond motifs is 2. The maximum atomic E-state index is 2.30. The van der Waals surface area contributed by atoms with Gasteiger partial charge in [0.2, 0.25) is 0 Å². The van der Waals surface area contributed by atoms with Crippen LogP contribution in [0.4, 0.5) is 0 Å². The summed E-state index contributed by atoms with van der Waals surface area (Å²) in [5, 5.41) is 0. The Balaban J connectivity index is 1.95. The van der Waals surface area contributed by atoms with Crippen LogP contribution in [0.5, 0.6) is 0 Å². The molecule has 0 saturated heterocycles. The van der Waals surface area contributed by atoms with Crippen molar-refractivity contribution in [2.24, 2.45) is 5.92 Å². The van der Waals surface area contributed by atoms with Crippen molar-refractivity contribution in [3.05, 3.63) is 107 Å². The summed E-state index contributed by atoms with van der Waals surface area (Å²) in [6.07, 6.45) is 30.9. The van der Waals surface area contributed by atoms with Gasteiger partial charge in [-0.15, -0.1) is 0 Å². The first kappa shape index (κ1) is 12.4. The minimum absolute atomic E-state index is 0.519. The van der Waals surface area contributed by atoms with E-state index in [4.69, 9.17) is 0 Å². The molecule has 0 radical (unpaired) electrons. The van der Waals surface area contributed by atoms with Crippen molar-refractivity contribution >= 4 is 0 Å². The number of hydrogen-bond acceptors (Lipinski definition) is 0. The van der Waals surface area contributed by atoms with Crippen molar-refractivity contribution in [3.8, 4) is 0 Å². The van der Waals surface area contributed by atoms with E-state index in [0.29, 0.717) is 5.92 Å². The Kier molecular flexibility index (Phi) is 3.08. The van der Waals surface area contributed by atoms with E-state index in [1.54, 1.807) is 5.57 Å². The predicted molar refractivity (Wildman–Crippen MR) is 89.7 cm³/mol. The van der Waals surface area contributed by atoms with E-state index in [2.05, 4.69) is 79.0 Å². The van der Waals surface area contributed by atoms with Gasteiger partial charge in [0.15, 0.2) is 0 Å². The summed E-state index contributed by atoms with van der Waals surface area (Å²) in [5.74, 6) is 0.519. The SMILES string of the molecule is C1=CC=C2C=CC=CCC3C4=C(C=CC=CC4)C(=C23)C=C1. The van der Waals surface area contributed by atoms with Crippen LogP contribution in [0.15, 0.2) is 107 Å². The second-order valence-electron chi connectivity index (χ2n) is 5.70. The molecule has 0 heterocycles. The van der Waals surface area contributed by atoms with Gasteiger partial charge in [-0.1, -0.05) is 84.6 Å². The molecule has 0 aliphatic heterocycles. The van der Waals surface area contributed by atoms with Gasteiger partial charge in [-0.3, -0.25) is 0 Å². The van der Waals surface area contributed by atoms with Crippen LogP contribution in [0.25, 0.3) is 0 Å². The van der Waals surface area contributed by atoms with Crippen LogP contribution in [0, 0.1) is 5.92 Å². The highest BCUT2D eigenvalue weighted by Crippen LogP contribution is 2.47. The minimum Gasteiger partial charge on any atom is -0.0836 e. The van der Waals surface area contributed by atoms with E-state index in [9.17, 15) is 0 Å². The van der Waals surface area contributed by atoms with Crippen molar-refractivity contribution < 1.29 is 0 Å². The minimum atomic E-state index is 0.519. The quantitative estimate of drug-likeness (QED) is 0.560.